The number of nitriles is 1. The number of nitrogens with zero attached hydrogens (tertiary/aromatic N) is 4. The van der Waals surface area contributed by atoms with E-state index >= 15 is 0 Å². The van der Waals surface area contributed by atoms with Gasteiger partial charge in [0, 0.05) is 39.8 Å². The van der Waals surface area contributed by atoms with Gasteiger partial charge in [-0.1, -0.05) is 29.8 Å². The lowest BCUT2D eigenvalue weighted by Crippen LogP contribution is -2.13. The number of aromatic nitrogens is 3. The standard InChI is InChI=1S/C31H21ClF3N5O2S/c1-42-25-10-7-19(8-11-25)28-22(18-40(39-28)24-5-3-2-4-6-24)13-21(16-36)29(41)38-30-37-17-26(43-30)15-20-14-23(31(33,34)35)9-12-27(20)32/h2-14,17-18H,15H2,1H3,(H,37,38,41)/b21-13+. The number of hydrogen-bond acceptors (Lipinski definition) is 6. The Bertz CT molecular complexity index is 1840. The van der Waals surface area contributed by atoms with Gasteiger partial charge in [0.15, 0.2) is 5.13 Å². The number of hydrogen-bond donors (Lipinski definition) is 1. The summed E-state index contributed by atoms with van der Waals surface area (Å²) in [5.41, 5.74) is 1.88. The summed E-state index contributed by atoms with van der Waals surface area (Å²) in [5, 5.41) is 17.5. The van der Waals surface area contributed by atoms with Crippen molar-refractivity contribution in [1.29, 1.82) is 5.26 Å². The molecule has 0 bridgehead atoms. The van der Waals surface area contributed by atoms with Crippen LogP contribution in [0.1, 0.15) is 21.6 Å². The minimum Gasteiger partial charge on any atom is -0.497 e. The van der Waals surface area contributed by atoms with Crippen molar-refractivity contribution in [3.8, 4) is 28.8 Å². The summed E-state index contributed by atoms with van der Waals surface area (Å²) < 4.78 is 46.4. The largest absolute Gasteiger partial charge is 0.497 e. The van der Waals surface area contributed by atoms with E-state index in [2.05, 4.69) is 10.3 Å². The van der Waals surface area contributed by atoms with Crippen LogP contribution in [0.5, 0.6) is 5.75 Å². The second-order valence-electron chi connectivity index (χ2n) is 9.18. The molecule has 5 aromatic rings. The highest BCUT2D eigenvalue weighted by Crippen LogP contribution is 2.34. The third kappa shape index (κ3) is 6.94. The molecule has 2 heterocycles. The Hall–Kier alpha value is -4.92. The number of ether oxygens (including phenoxy) is 1. The van der Waals surface area contributed by atoms with Crippen molar-refractivity contribution in [3.63, 3.8) is 0 Å². The van der Waals surface area contributed by atoms with E-state index in [1.54, 1.807) is 30.1 Å². The SMILES string of the molecule is COc1ccc(-c2nn(-c3ccccc3)cc2/C=C(\C#N)C(=O)Nc2ncc(Cc3cc(C(F)(F)F)ccc3Cl)s2)cc1. The topological polar surface area (TPSA) is 92.8 Å². The Morgan fingerprint density at radius 1 is 1.14 bits per heavy atom. The first-order valence-electron chi connectivity index (χ1n) is 12.7. The summed E-state index contributed by atoms with van der Waals surface area (Å²) in [7, 11) is 1.57. The van der Waals surface area contributed by atoms with Crippen molar-refractivity contribution in [2.75, 3.05) is 12.4 Å². The molecule has 12 heteroatoms. The molecule has 0 aliphatic carbocycles. The average Bonchev–Trinajstić information content (AvgIpc) is 3.63. The van der Waals surface area contributed by atoms with Gasteiger partial charge in [0.1, 0.15) is 17.4 Å². The number of amides is 1. The number of carbonyl (C=O) groups excluding carboxylic acids is 1. The minimum absolute atomic E-state index is 0.0845. The number of methoxy groups -OCH3 is 1. The zero-order valence-corrected chi connectivity index (χ0v) is 24.0. The molecule has 0 aliphatic heterocycles. The van der Waals surface area contributed by atoms with Crippen molar-refractivity contribution in [1.82, 2.24) is 14.8 Å². The highest BCUT2D eigenvalue weighted by molar-refractivity contribution is 7.15. The molecule has 0 atom stereocenters. The first-order chi connectivity index (χ1) is 20.6. The number of carbonyl (C=O) groups is 1. The van der Waals surface area contributed by atoms with Gasteiger partial charge in [-0.25, -0.2) is 9.67 Å². The molecule has 3 aromatic carbocycles. The molecule has 0 unspecified atom stereocenters. The molecular formula is C31H21ClF3N5O2S. The number of nitrogens with one attached hydrogen (secondary N) is 1. The number of para-hydroxylation sites is 1. The van der Waals surface area contributed by atoms with E-state index in [-0.39, 0.29) is 27.7 Å². The fraction of sp³-hybridized carbons (Fsp3) is 0.0968. The van der Waals surface area contributed by atoms with Gasteiger partial charge in [-0.3, -0.25) is 10.1 Å². The molecule has 7 nitrogen and oxygen atoms in total. The van der Waals surface area contributed by atoms with Crippen molar-refractivity contribution < 1.29 is 22.7 Å². The minimum atomic E-state index is -4.50. The first-order valence-corrected chi connectivity index (χ1v) is 13.9. The Morgan fingerprint density at radius 3 is 2.56 bits per heavy atom. The highest BCUT2D eigenvalue weighted by atomic mass is 35.5. The van der Waals surface area contributed by atoms with E-state index in [0.29, 0.717) is 21.9 Å². The van der Waals surface area contributed by atoms with Gasteiger partial charge in [-0.15, -0.1) is 11.3 Å². The van der Waals surface area contributed by atoms with Crippen LogP contribution in [0, 0.1) is 11.3 Å². The monoisotopic (exact) mass is 619 g/mol. The van der Waals surface area contributed by atoms with Gasteiger partial charge in [0.25, 0.3) is 5.91 Å². The average molecular weight is 620 g/mol. The lowest BCUT2D eigenvalue weighted by molar-refractivity contribution is -0.137. The molecule has 0 fully saturated rings. The van der Waals surface area contributed by atoms with Gasteiger partial charge in [0.05, 0.1) is 24.1 Å². The number of thiazole rings is 1. The van der Waals surface area contributed by atoms with Crippen LogP contribution < -0.4 is 10.1 Å². The van der Waals surface area contributed by atoms with Gasteiger partial charge in [-0.05, 0) is 66.2 Å². The number of benzene rings is 3. The molecule has 2 aromatic heterocycles. The number of anilines is 1. The molecule has 0 aliphatic rings. The van der Waals surface area contributed by atoms with Crippen LogP contribution >= 0.6 is 22.9 Å². The van der Waals surface area contributed by atoms with E-state index in [1.807, 2.05) is 48.5 Å². The molecule has 1 N–H and O–H groups in total. The molecule has 216 valence electrons. The maximum atomic E-state index is 13.1. The van der Waals surface area contributed by atoms with E-state index in [0.717, 1.165) is 34.7 Å². The van der Waals surface area contributed by atoms with Crippen molar-refractivity contribution in [3.05, 3.63) is 117 Å². The van der Waals surface area contributed by atoms with Crippen LogP contribution in [-0.4, -0.2) is 27.8 Å². The second-order valence-corrected chi connectivity index (χ2v) is 10.7. The highest BCUT2D eigenvalue weighted by Gasteiger charge is 2.31. The number of alkyl halides is 3. The van der Waals surface area contributed by atoms with Crippen molar-refractivity contribution in [2.45, 2.75) is 12.6 Å². The molecule has 1 amide bonds. The normalized spacial score (nSPS) is 11.7. The van der Waals surface area contributed by atoms with E-state index < -0.39 is 17.6 Å². The maximum Gasteiger partial charge on any atom is 0.416 e. The Morgan fingerprint density at radius 2 is 1.88 bits per heavy atom. The Labute approximate surface area is 253 Å². The molecule has 0 saturated carbocycles. The molecule has 0 spiro atoms. The van der Waals surface area contributed by atoms with E-state index in [1.165, 1.54) is 18.3 Å². The van der Waals surface area contributed by atoms with Crippen LogP contribution in [0.25, 0.3) is 23.0 Å². The predicted molar refractivity (Wildman–Crippen MR) is 159 cm³/mol. The molecule has 0 saturated heterocycles. The second kappa shape index (κ2) is 12.5. The third-order valence-corrected chi connectivity index (χ3v) is 7.58. The summed E-state index contributed by atoms with van der Waals surface area (Å²) in [6, 6.07) is 21.7. The van der Waals surface area contributed by atoms with Crippen molar-refractivity contribution >= 4 is 40.1 Å². The Kier molecular flexibility index (Phi) is 8.61. The van der Waals surface area contributed by atoms with Crippen LogP contribution in [-0.2, 0) is 17.4 Å². The molecule has 0 radical (unpaired) electrons. The van der Waals surface area contributed by atoms with Crippen LogP contribution in [0.4, 0.5) is 18.3 Å². The zero-order chi connectivity index (χ0) is 30.6. The first kappa shape index (κ1) is 29.6. The Balaban J connectivity index is 1.40. The summed E-state index contributed by atoms with van der Waals surface area (Å²) in [6.45, 7) is 0. The van der Waals surface area contributed by atoms with Gasteiger partial charge in [-0.2, -0.15) is 23.5 Å². The van der Waals surface area contributed by atoms with Gasteiger partial charge < -0.3 is 4.74 Å². The molecule has 5 rings (SSSR count). The third-order valence-electron chi connectivity index (χ3n) is 6.30. The van der Waals surface area contributed by atoms with E-state index in [9.17, 15) is 23.2 Å². The van der Waals surface area contributed by atoms with Gasteiger partial charge >= 0.3 is 6.18 Å². The van der Waals surface area contributed by atoms with Crippen molar-refractivity contribution in [2.24, 2.45) is 0 Å². The summed E-state index contributed by atoms with van der Waals surface area (Å²) >= 11 is 7.20. The smallest absolute Gasteiger partial charge is 0.416 e. The number of rotatable bonds is 8. The maximum absolute atomic E-state index is 13.1. The summed E-state index contributed by atoms with van der Waals surface area (Å²) in [5.74, 6) is -0.0350. The van der Waals surface area contributed by atoms with E-state index in [4.69, 9.17) is 21.4 Å². The van der Waals surface area contributed by atoms with Crippen LogP contribution in [0.15, 0.2) is 90.8 Å². The summed E-state index contributed by atoms with van der Waals surface area (Å²) in [4.78, 5) is 17.8. The summed E-state index contributed by atoms with van der Waals surface area (Å²) in [6.07, 6.45) is 0.189. The quantitative estimate of drug-likeness (QED) is 0.141. The van der Waals surface area contributed by atoms with Crippen LogP contribution in [0.2, 0.25) is 5.02 Å². The van der Waals surface area contributed by atoms with Crippen LogP contribution in [0.3, 0.4) is 0 Å². The predicted octanol–water partition coefficient (Wildman–Crippen LogP) is 7.81. The number of halogens is 4. The van der Waals surface area contributed by atoms with Gasteiger partial charge in [0.2, 0.25) is 0 Å². The molecular weight excluding hydrogens is 599 g/mol. The zero-order valence-electron chi connectivity index (χ0n) is 22.4. The lowest BCUT2D eigenvalue weighted by Gasteiger charge is -2.09. The molecule has 43 heavy (non-hydrogen) atoms. The lowest BCUT2D eigenvalue weighted by atomic mass is 10.1. The fourth-order valence-electron chi connectivity index (χ4n) is 4.17. The fourth-order valence-corrected chi connectivity index (χ4v) is 5.18.